The fourth-order valence-electron chi connectivity index (χ4n) is 5.53. The number of alkyl halides is 4. The fraction of sp³-hybridized carbons (Fsp3) is 0.792. The molecule has 1 aliphatic carbocycles. The minimum atomic E-state index is -3.33. The molecule has 38 heavy (non-hydrogen) atoms. The van der Waals surface area contributed by atoms with Crippen molar-refractivity contribution in [2.75, 3.05) is 19.6 Å². The lowest BCUT2D eigenvalue weighted by atomic mass is 9.80. The number of hydrogen-bond donors (Lipinski definition) is 3. The van der Waals surface area contributed by atoms with Crippen LogP contribution in [-0.2, 0) is 24.0 Å². The highest BCUT2D eigenvalue weighted by Crippen LogP contribution is 2.65. The van der Waals surface area contributed by atoms with E-state index in [2.05, 4.69) is 16.1 Å². The van der Waals surface area contributed by atoms with E-state index in [0.717, 1.165) is 0 Å². The molecule has 3 rings (SSSR count). The zero-order valence-corrected chi connectivity index (χ0v) is 22.8. The molecular formula is C24H35ClF3N5O5. The number of rotatable bonds is 9. The van der Waals surface area contributed by atoms with Crippen molar-refractivity contribution >= 4 is 41.1 Å². The minimum Gasteiger partial charge on any atom is -0.356 e. The largest absolute Gasteiger partial charge is 0.356 e. The summed E-state index contributed by atoms with van der Waals surface area (Å²) in [5.74, 6) is -5.84. The van der Waals surface area contributed by atoms with Gasteiger partial charge in [-0.3, -0.25) is 29.4 Å². The maximum absolute atomic E-state index is 13.8. The third kappa shape index (κ3) is 5.72. The Hall–Kier alpha value is -2.57. The average Bonchev–Trinajstić information content (AvgIpc) is 3.20. The van der Waals surface area contributed by atoms with E-state index in [1.807, 2.05) is 13.8 Å². The Morgan fingerprint density at radius 1 is 1.24 bits per heavy atom. The molecule has 3 aliphatic rings. The summed E-state index contributed by atoms with van der Waals surface area (Å²) >= 11 is 5.36. The summed E-state index contributed by atoms with van der Waals surface area (Å²) < 4.78 is 39.9. The van der Waals surface area contributed by atoms with E-state index < -0.39 is 59.1 Å². The first-order valence-corrected chi connectivity index (χ1v) is 13.0. The molecule has 2 heterocycles. The van der Waals surface area contributed by atoms with E-state index in [0.29, 0.717) is 24.4 Å². The van der Waals surface area contributed by atoms with Crippen LogP contribution in [0.4, 0.5) is 13.2 Å². The van der Waals surface area contributed by atoms with Crippen LogP contribution in [-0.4, -0.2) is 83.2 Å². The molecule has 14 heteroatoms. The van der Waals surface area contributed by atoms with Gasteiger partial charge in [0.1, 0.15) is 12.1 Å². The highest BCUT2D eigenvalue weighted by atomic mass is 35.5. The molecule has 0 aromatic heterocycles. The Balaban J connectivity index is 1.88. The van der Waals surface area contributed by atoms with Crippen molar-refractivity contribution in [3.8, 4) is 0 Å². The molecule has 10 nitrogen and oxygen atoms in total. The molecule has 0 aromatic rings. The molecule has 2 aliphatic heterocycles. The van der Waals surface area contributed by atoms with Gasteiger partial charge in [0.25, 0.3) is 23.4 Å². The minimum absolute atomic E-state index is 0.0925. The Kier molecular flexibility index (Phi) is 8.59. The first-order chi connectivity index (χ1) is 17.5. The van der Waals surface area contributed by atoms with Gasteiger partial charge in [0, 0.05) is 13.1 Å². The van der Waals surface area contributed by atoms with Gasteiger partial charge in [-0.15, -0.1) is 0 Å². The molecule has 0 spiro atoms. The SMILES string of the molecule is CCC(C)(C)[C@H](NC(=O)C(F)F)C(=O)N1C[C@H]2[C@@H]([C@H]1C(=O)NN(C[C@@H]1CCNC1=O)C(=O)[C@H](F)Cl)C2(C)C. The topological polar surface area (TPSA) is 128 Å². The summed E-state index contributed by atoms with van der Waals surface area (Å²) in [6, 6.07) is -2.47. The molecule has 3 fully saturated rings. The first kappa shape index (κ1) is 30.0. The van der Waals surface area contributed by atoms with E-state index in [4.69, 9.17) is 11.6 Å². The predicted octanol–water partition coefficient (Wildman–Crippen LogP) is 1.19. The molecule has 3 N–H and O–H groups in total. The predicted molar refractivity (Wildman–Crippen MR) is 130 cm³/mol. The maximum Gasteiger partial charge on any atom is 0.315 e. The third-order valence-electron chi connectivity index (χ3n) is 8.45. The number of piperidine rings is 1. The van der Waals surface area contributed by atoms with E-state index in [9.17, 15) is 37.1 Å². The van der Waals surface area contributed by atoms with Crippen molar-refractivity contribution in [1.82, 2.24) is 26.0 Å². The van der Waals surface area contributed by atoms with Crippen molar-refractivity contribution in [2.45, 2.75) is 71.6 Å². The Morgan fingerprint density at radius 3 is 2.37 bits per heavy atom. The van der Waals surface area contributed by atoms with E-state index in [-0.39, 0.29) is 36.2 Å². The molecule has 0 aromatic carbocycles. The van der Waals surface area contributed by atoms with Gasteiger partial charge in [-0.25, -0.2) is 9.40 Å². The van der Waals surface area contributed by atoms with Crippen LogP contribution in [0, 0.1) is 28.6 Å². The Bertz CT molecular complexity index is 994. The number of carbonyl (C=O) groups is 5. The second-order valence-corrected chi connectivity index (χ2v) is 11.9. The van der Waals surface area contributed by atoms with Gasteiger partial charge >= 0.3 is 6.43 Å². The van der Waals surface area contributed by atoms with Crippen LogP contribution in [0.25, 0.3) is 0 Å². The third-order valence-corrected chi connectivity index (χ3v) is 8.63. The number of nitrogens with zero attached hydrogens (tertiary/aromatic N) is 2. The number of likely N-dealkylation sites (tertiary alicyclic amines) is 1. The van der Waals surface area contributed by atoms with Crippen molar-refractivity contribution < 1.29 is 37.1 Å². The smallest absolute Gasteiger partial charge is 0.315 e. The average molecular weight is 566 g/mol. The standard InChI is InChI=1S/C24H35ClF3N5O5/c1-6-23(2,3)15(30-20(36)17(27)28)21(37)32-10-12-13(24(12,4)5)14(32)19(35)31-33(22(38)16(25)26)9-11-7-8-29-18(11)34/h11-17H,6-10H2,1-5H3,(H,29,34)(H,30,36)(H,31,35)/t11-,12-,13-,14-,15+,16-/m0/s1. The highest BCUT2D eigenvalue weighted by Gasteiger charge is 2.70. The number of fused-ring (bicyclic) bond motifs is 1. The highest BCUT2D eigenvalue weighted by molar-refractivity contribution is 6.29. The summed E-state index contributed by atoms with van der Waals surface area (Å²) in [7, 11) is 0. The van der Waals surface area contributed by atoms with Crippen LogP contribution in [0.15, 0.2) is 0 Å². The van der Waals surface area contributed by atoms with Crippen LogP contribution in [0.2, 0.25) is 0 Å². The van der Waals surface area contributed by atoms with Crippen molar-refractivity contribution in [3.63, 3.8) is 0 Å². The number of hydrazine groups is 1. The number of nitrogens with one attached hydrogen (secondary N) is 3. The Labute approximate surface area is 224 Å². The Morgan fingerprint density at radius 2 is 1.87 bits per heavy atom. The summed E-state index contributed by atoms with van der Waals surface area (Å²) in [6.07, 6.45) is -2.62. The molecule has 214 valence electrons. The van der Waals surface area contributed by atoms with Crippen LogP contribution in [0.3, 0.4) is 0 Å². The lowest BCUT2D eigenvalue weighted by molar-refractivity contribution is -0.152. The zero-order chi connectivity index (χ0) is 28.7. The van der Waals surface area contributed by atoms with Crippen LogP contribution in [0.1, 0.15) is 47.5 Å². The molecule has 2 saturated heterocycles. The zero-order valence-electron chi connectivity index (χ0n) is 22.0. The lowest BCUT2D eigenvalue weighted by Crippen LogP contribution is -2.62. The monoisotopic (exact) mass is 565 g/mol. The quantitative estimate of drug-likeness (QED) is 0.286. The molecule has 5 amide bonds. The van der Waals surface area contributed by atoms with E-state index in [1.165, 1.54) is 4.90 Å². The molecule has 0 bridgehead atoms. The van der Waals surface area contributed by atoms with Crippen LogP contribution < -0.4 is 16.1 Å². The van der Waals surface area contributed by atoms with Gasteiger partial charge in [-0.05, 0) is 35.5 Å². The summed E-state index contributed by atoms with van der Waals surface area (Å²) in [4.78, 5) is 64.9. The maximum atomic E-state index is 13.8. The normalized spacial score (nSPS) is 27.3. The van der Waals surface area contributed by atoms with Crippen LogP contribution in [0.5, 0.6) is 0 Å². The number of carbonyl (C=O) groups excluding carboxylic acids is 5. The van der Waals surface area contributed by atoms with Gasteiger partial charge in [0.05, 0.1) is 12.5 Å². The van der Waals surface area contributed by atoms with Crippen LogP contribution >= 0.6 is 11.6 Å². The van der Waals surface area contributed by atoms with E-state index in [1.54, 1.807) is 20.8 Å². The lowest BCUT2D eigenvalue weighted by Gasteiger charge is -2.39. The molecule has 1 saturated carbocycles. The number of halogens is 4. The molecule has 0 unspecified atom stereocenters. The van der Waals surface area contributed by atoms with E-state index >= 15 is 0 Å². The van der Waals surface area contributed by atoms with Gasteiger partial charge in [0.15, 0.2) is 0 Å². The molecular weight excluding hydrogens is 531 g/mol. The first-order valence-electron chi connectivity index (χ1n) is 12.6. The number of hydrogen-bond acceptors (Lipinski definition) is 5. The molecule has 0 radical (unpaired) electrons. The van der Waals surface area contributed by atoms with Gasteiger partial charge in [0.2, 0.25) is 11.8 Å². The van der Waals surface area contributed by atoms with Crippen molar-refractivity contribution in [3.05, 3.63) is 0 Å². The summed E-state index contributed by atoms with van der Waals surface area (Å²) in [5.41, 5.74) is -1.39. The summed E-state index contributed by atoms with van der Waals surface area (Å²) in [5, 5.41) is 5.39. The molecule has 6 atom stereocenters. The van der Waals surface area contributed by atoms with Crippen molar-refractivity contribution in [1.29, 1.82) is 0 Å². The van der Waals surface area contributed by atoms with Crippen molar-refractivity contribution in [2.24, 2.45) is 28.6 Å². The van der Waals surface area contributed by atoms with Gasteiger partial charge < -0.3 is 15.5 Å². The van der Waals surface area contributed by atoms with Gasteiger partial charge in [-0.2, -0.15) is 8.78 Å². The fourth-order valence-corrected chi connectivity index (χ4v) is 5.64. The summed E-state index contributed by atoms with van der Waals surface area (Å²) in [6.45, 7) is 9.04. The second-order valence-electron chi connectivity index (χ2n) is 11.5. The second kappa shape index (κ2) is 10.9. The van der Waals surface area contributed by atoms with Gasteiger partial charge in [-0.1, -0.05) is 46.2 Å². The number of amides is 5.